The Morgan fingerprint density at radius 1 is 1.33 bits per heavy atom. The highest BCUT2D eigenvalue weighted by atomic mass is 16.5. The summed E-state index contributed by atoms with van der Waals surface area (Å²) >= 11 is 0. The van der Waals surface area contributed by atoms with Crippen molar-refractivity contribution in [2.24, 2.45) is 5.92 Å². The Balaban J connectivity index is 1.49. The zero-order valence-corrected chi connectivity index (χ0v) is 17.1. The zero-order chi connectivity index (χ0) is 20.7. The van der Waals surface area contributed by atoms with E-state index in [0.29, 0.717) is 19.0 Å². The number of pyridine rings is 1. The fourth-order valence-electron chi connectivity index (χ4n) is 5.60. The van der Waals surface area contributed by atoms with Gasteiger partial charge in [0, 0.05) is 50.3 Å². The molecule has 2 saturated heterocycles. The van der Waals surface area contributed by atoms with Crippen LogP contribution in [0.3, 0.4) is 0 Å². The van der Waals surface area contributed by atoms with Crippen LogP contribution >= 0.6 is 0 Å². The lowest BCUT2D eigenvalue weighted by atomic mass is 9.78. The standard InChI is InChI=1S/C21H27N5O4/c1-29-12-16-4-3-7-25(16)21(28)20-15-8-14(17-5-2-6-19(27)26(17)20)9-24(10-15)11-18-22-13-30-23-18/h2,5-6,13-16,20H,3-4,7-12H2,1H3/t14-,15+,16+,20-/m1/s1. The molecule has 2 aromatic rings. The van der Waals surface area contributed by atoms with Gasteiger partial charge in [-0.3, -0.25) is 19.1 Å². The minimum atomic E-state index is -0.476. The largest absolute Gasteiger partial charge is 0.383 e. The maximum Gasteiger partial charge on any atom is 0.251 e. The molecule has 30 heavy (non-hydrogen) atoms. The summed E-state index contributed by atoms with van der Waals surface area (Å²) in [5.41, 5.74) is 0.868. The molecule has 3 aliphatic rings. The van der Waals surface area contributed by atoms with Crippen LogP contribution in [0.15, 0.2) is 33.9 Å². The van der Waals surface area contributed by atoms with E-state index in [0.717, 1.165) is 44.6 Å². The molecule has 0 unspecified atom stereocenters. The molecule has 2 aromatic heterocycles. The summed E-state index contributed by atoms with van der Waals surface area (Å²) in [6.07, 6.45) is 4.16. The van der Waals surface area contributed by atoms with Crippen LogP contribution < -0.4 is 5.56 Å². The smallest absolute Gasteiger partial charge is 0.251 e. The quantitative estimate of drug-likeness (QED) is 0.723. The second-order valence-corrected chi connectivity index (χ2v) is 8.62. The highest BCUT2D eigenvalue weighted by Gasteiger charge is 2.46. The number of likely N-dealkylation sites (tertiary alicyclic amines) is 2. The molecule has 9 heteroatoms. The first kappa shape index (κ1) is 19.4. The molecule has 0 N–H and O–H groups in total. The van der Waals surface area contributed by atoms with Crippen molar-refractivity contribution in [2.45, 2.75) is 43.8 Å². The number of carbonyl (C=O) groups excluding carboxylic acids is 1. The summed E-state index contributed by atoms with van der Waals surface area (Å²) < 4.78 is 12.0. The normalized spacial score (nSPS) is 28.5. The van der Waals surface area contributed by atoms with Gasteiger partial charge in [-0.2, -0.15) is 4.98 Å². The Kier molecular flexibility index (Phi) is 5.16. The molecule has 2 bridgehead atoms. The van der Waals surface area contributed by atoms with Crippen molar-refractivity contribution in [1.29, 1.82) is 0 Å². The van der Waals surface area contributed by atoms with Crippen molar-refractivity contribution in [3.05, 3.63) is 46.5 Å². The molecule has 9 nitrogen and oxygen atoms in total. The third-order valence-corrected chi connectivity index (χ3v) is 6.77. The maximum atomic E-state index is 13.8. The van der Waals surface area contributed by atoms with Crippen LogP contribution in [0.25, 0.3) is 0 Å². The van der Waals surface area contributed by atoms with Gasteiger partial charge in [-0.1, -0.05) is 11.2 Å². The topological polar surface area (TPSA) is 93.7 Å². The molecule has 0 radical (unpaired) electrons. The lowest BCUT2D eigenvalue weighted by Gasteiger charge is -2.47. The molecule has 0 aliphatic carbocycles. The predicted octanol–water partition coefficient (Wildman–Crippen LogP) is 1.03. The Bertz CT molecular complexity index is 959. The maximum absolute atomic E-state index is 13.8. The Labute approximate surface area is 174 Å². The van der Waals surface area contributed by atoms with Gasteiger partial charge in [-0.25, -0.2) is 0 Å². The van der Waals surface area contributed by atoms with Crippen molar-refractivity contribution in [3.63, 3.8) is 0 Å². The molecular formula is C21H27N5O4. The van der Waals surface area contributed by atoms with Gasteiger partial charge >= 0.3 is 0 Å². The molecule has 0 aromatic carbocycles. The van der Waals surface area contributed by atoms with Crippen molar-refractivity contribution < 1.29 is 14.1 Å². The van der Waals surface area contributed by atoms with Crippen LogP contribution in [0, 0.1) is 5.92 Å². The number of piperidine rings is 1. The number of fused-ring (bicyclic) bond motifs is 4. The number of amides is 1. The molecule has 5 rings (SSSR count). The van der Waals surface area contributed by atoms with Gasteiger partial charge in [0.2, 0.25) is 12.3 Å². The van der Waals surface area contributed by atoms with E-state index in [2.05, 4.69) is 15.0 Å². The highest BCUT2D eigenvalue weighted by Crippen LogP contribution is 2.42. The number of rotatable bonds is 5. The Morgan fingerprint density at radius 3 is 3.03 bits per heavy atom. The third-order valence-electron chi connectivity index (χ3n) is 6.77. The van der Waals surface area contributed by atoms with E-state index in [1.165, 1.54) is 6.39 Å². The molecule has 2 fully saturated rings. The van der Waals surface area contributed by atoms with Crippen LogP contribution in [0.4, 0.5) is 0 Å². The lowest BCUT2D eigenvalue weighted by Crippen LogP contribution is -2.54. The molecule has 160 valence electrons. The van der Waals surface area contributed by atoms with E-state index < -0.39 is 6.04 Å². The van der Waals surface area contributed by atoms with Crippen molar-refractivity contribution in [3.8, 4) is 0 Å². The monoisotopic (exact) mass is 413 g/mol. The number of methoxy groups -OCH3 is 1. The van der Waals surface area contributed by atoms with Crippen molar-refractivity contribution in [1.82, 2.24) is 24.5 Å². The van der Waals surface area contributed by atoms with E-state index in [4.69, 9.17) is 9.26 Å². The average Bonchev–Trinajstić information content (AvgIpc) is 3.41. The number of hydrogen-bond donors (Lipinski definition) is 0. The van der Waals surface area contributed by atoms with E-state index in [1.54, 1.807) is 23.8 Å². The second kappa shape index (κ2) is 7.96. The summed E-state index contributed by atoms with van der Waals surface area (Å²) in [4.78, 5) is 35.0. The first-order chi connectivity index (χ1) is 14.7. The van der Waals surface area contributed by atoms with Crippen LogP contribution in [0.5, 0.6) is 0 Å². The molecule has 0 saturated carbocycles. The fourth-order valence-corrected chi connectivity index (χ4v) is 5.60. The minimum Gasteiger partial charge on any atom is -0.383 e. The number of ether oxygens (including phenoxy) is 1. The van der Waals surface area contributed by atoms with E-state index in [-0.39, 0.29) is 29.3 Å². The first-order valence-electron chi connectivity index (χ1n) is 10.6. The van der Waals surface area contributed by atoms with Gasteiger partial charge in [-0.05, 0) is 25.3 Å². The lowest BCUT2D eigenvalue weighted by molar-refractivity contribution is -0.140. The summed E-state index contributed by atoms with van der Waals surface area (Å²) in [5.74, 6) is 0.971. The summed E-state index contributed by atoms with van der Waals surface area (Å²) in [5, 5.41) is 3.94. The van der Waals surface area contributed by atoms with E-state index in [1.807, 2.05) is 11.0 Å². The zero-order valence-electron chi connectivity index (χ0n) is 17.1. The third kappa shape index (κ3) is 3.35. The predicted molar refractivity (Wildman–Crippen MR) is 107 cm³/mol. The highest BCUT2D eigenvalue weighted by molar-refractivity contribution is 5.82. The Morgan fingerprint density at radius 2 is 2.23 bits per heavy atom. The summed E-state index contributed by atoms with van der Waals surface area (Å²) in [6.45, 7) is 3.38. The Hall–Kier alpha value is -2.52. The molecular weight excluding hydrogens is 386 g/mol. The van der Waals surface area contributed by atoms with Gasteiger partial charge in [-0.15, -0.1) is 0 Å². The second-order valence-electron chi connectivity index (χ2n) is 8.62. The van der Waals surface area contributed by atoms with Gasteiger partial charge in [0.15, 0.2) is 5.82 Å². The molecule has 0 spiro atoms. The first-order valence-corrected chi connectivity index (χ1v) is 10.6. The fraction of sp³-hybridized carbons (Fsp3) is 0.619. The number of carbonyl (C=O) groups is 1. The minimum absolute atomic E-state index is 0.0500. The average molecular weight is 413 g/mol. The molecule has 5 heterocycles. The van der Waals surface area contributed by atoms with Gasteiger partial charge in [0.25, 0.3) is 5.56 Å². The molecule has 1 amide bonds. The van der Waals surface area contributed by atoms with Crippen LogP contribution in [-0.2, 0) is 16.1 Å². The van der Waals surface area contributed by atoms with E-state index in [9.17, 15) is 9.59 Å². The summed E-state index contributed by atoms with van der Waals surface area (Å²) in [6, 6.07) is 4.98. The molecule has 4 atom stereocenters. The van der Waals surface area contributed by atoms with Crippen LogP contribution in [-0.4, -0.2) is 69.8 Å². The van der Waals surface area contributed by atoms with E-state index >= 15 is 0 Å². The van der Waals surface area contributed by atoms with Gasteiger partial charge < -0.3 is 14.2 Å². The van der Waals surface area contributed by atoms with Crippen LogP contribution in [0.1, 0.15) is 42.7 Å². The van der Waals surface area contributed by atoms with Gasteiger partial charge in [0.05, 0.1) is 19.2 Å². The summed E-state index contributed by atoms with van der Waals surface area (Å²) in [7, 11) is 1.67. The van der Waals surface area contributed by atoms with Crippen molar-refractivity contribution >= 4 is 5.91 Å². The molecule has 3 aliphatic heterocycles. The number of hydrogen-bond acceptors (Lipinski definition) is 7. The van der Waals surface area contributed by atoms with Crippen LogP contribution in [0.2, 0.25) is 0 Å². The van der Waals surface area contributed by atoms with Crippen molar-refractivity contribution in [2.75, 3.05) is 33.4 Å². The number of aromatic nitrogens is 3. The number of nitrogens with zero attached hydrogens (tertiary/aromatic N) is 5. The van der Waals surface area contributed by atoms with Gasteiger partial charge in [0.1, 0.15) is 6.04 Å². The SMILES string of the molecule is COC[C@@H]1CCCN1C(=O)[C@H]1[C@H]2C[C@H](CN(Cc3ncon3)C2)c2cccc(=O)n21.